The van der Waals surface area contributed by atoms with E-state index in [0.717, 1.165) is 37.2 Å². The Morgan fingerprint density at radius 1 is 1.24 bits per heavy atom. The fourth-order valence-corrected chi connectivity index (χ4v) is 2.87. The van der Waals surface area contributed by atoms with Gasteiger partial charge in [0.05, 0.1) is 18.0 Å². The Labute approximate surface area is 122 Å². The zero-order chi connectivity index (χ0) is 14.8. The second-order valence-corrected chi connectivity index (χ2v) is 5.07. The molecule has 0 bridgehead atoms. The molecule has 2 aromatic rings. The van der Waals surface area contributed by atoms with Gasteiger partial charge in [0.2, 0.25) is 0 Å². The number of hydrogen-bond donors (Lipinski definition) is 0. The summed E-state index contributed by atoms with van der Waals surface area (Å²) in [6.45, 7) is 2.77. The molecule has 1 aliphatic rings. The van der Waals surface area contributed by atoms with E-state index >= 15 is 0 Å². The highest BCUT2D eigenvalue weighted by Crippen LogP contribution is 2.20. The highest BCUT2D eigenvalue weighted by atomic mass is 16.5. The highest BCUT2D eigenvalue weighted by molar-refractivity contribution is 5.90. The quantitative estimate of drug-likeness (QED) is 0.812. The van der Waals surface area contributed by atoms with Gasteiger partial charge in [-0.3, -0.25) is 9.48 Å². The molecule has 1 aromatic heterocycles. The molecule has 0 N–H and O–H groups in total. The van der Waals surface area contributed by atoms with E-state index in [4.69, 9.17) is 4.74 Å². The lowest BCUT2D eigenvalue weighted by atomic mass is 10.1. The normalized spacial score (nSPS) is 13.8. The van der Waals surface area contributed by atoms with Crippen LogP contribution in [0.15, 0.2) is 35.1 Å². The summed E-state index contributed by atoms with van der Waals surface area (Å²) in [6.07, 6.45) is 2.74. The van der Waals surface area contributed by atoms with Crippen molar-refractivity contribution in [3.05, 3.63) is 51.9 Å². The van der Waals surface area contributed by atoms with Crippen molar-refractivity contribution in [1.29, 1.82) is 0 Å². The van der Waals surface area contributed by atoms with Gasteiger partial charge in [-0.25, -0.2) is 9.48 Å². The van der Waals surface area contributed by atoms with Crippen molar-refractivity contribution < 1.29 is 9.53 Å². The topological polar surface area (TPSA) is 53.2 Å². The van der Waals surface area contributed by atoms with Crippen LogP contribution >= 0.6 is 0 Å². The maximum absolute atomic E-state index is 12.7. The van der Waals surface area contributed by atoms with Gasteiger partial charge in [0, 0.05) is 6.54 Å². The molecule has 0 saturated carbocycles. The summed E-state index contributed by atoms with van der Waals surface area (Å²) in [7, 11) is 0. The van der Waals surface area contributed by atoms with Gasteiger partial charge in [0.1, 0.15) is 5.56 Å². The Kier molecular flexibility index (Phi) is 3.64. The zero-order valence-electron chi connectivity index (χ0n) is 12.0. The summed E-state index contributed by atoms with van der Waals surface area (Å²) in [6, 6.07) is 9.42. The molecule has 1 aromatic carbocycles. The van der Waals surface area contributed by atoms with Crippen molar-refractivity contribution in [2.75, 3.05) is 6.61 Å². The van der Waals surface area contributed by atoms with Gasteiger partial charge in [-0.15, -0.1) is 0 Å². The van der Waals surface area contributed by atoms with E-state index in [1.165, 1.54) is 0 Å². The molecular formula is C16H18N2O3. The lowest BCUT2D eigenvalue weighted by Crippen LogP contribution is -2.24. The van der Waals surface area contributed by atoms with Crippen LogP contribution in [0.25, 0.3) is 5.69 Å². The molecule has 3 rings (SSSR count). The molecule has 5 heteroatoms. The Morgan fingerprint density at radius 2 is 2.00 bits per heavy atom. The fourth-order valence-electron chi connectivity index (χ4n) is 2.87. The molecule has 0 unspecified atom stereocenters. The average molecular weight is 286 g/mol. The number of esters is 1. The minimum absolute atomic E-state index is 0.195. The van der Waals surface area contributed by atoms with E-state index < -0.39 is 5.97 Å². The van der Waals surface area contributed by atoms with Gasteiger partial charge >= 0.3 is 5.97 Å². The van der Waals surface area contributed by atoms with Gasteiger partial charge < -0.3 is 4.74 Å². The summed E-state index contributed by atoms with van der Waals surface area (Å²) < 4.78 is 8.58. The van der Waals surface area contributed by atoms with Gasteiger partial charge in [-0.2, -0.15) is 0 Å². The number of carbonyl (C=O) groups is 1. The van der Waals surface area contributed by atoms with Gasteiger partial charge in [-0.05, 0) is 38.3 Å². The molecule has 0 spiro atoms. The molecule has 1 aliphatic heterocycles. The largest absolute Gasteiger partial charge is 0.462 e. The smallest absolute Gasteiger partial charge is 0.345 e. The summed E-state index contributed by atoms with van der Waals surface area (Å²) in [5.74, 6) is -0.511. The lowest BCUT2D eigenvalue weighted by molar-refractivity contribution is 0.0523. The summed E-state index contributed by atoms with van der Waals surface area (Å²) in [4.78, 5) is 24.8. The number of nitrogens with zero attached hydrogens (tertiary/aromatic N) is 2. The van der Waals surface area contributed by atoms with E-state index in [-0.39, 0.29) is 17.7 Å². The summed E-state index contributed by atoms with van der Waals surface area (Å²) >= 11 is 0. The van der Waals surface area contributed by atoms with E-state index in [1.54, 1.807) is 11.6 Å². The minimum atomic E-state index is -0.511. The van der Waals surface area contributed by atoms with Crippen LogP contribution in [0.5, 0.6) is 0 Å². The van der Waals surface area contributed by atoms with Crippen LogP contribution in [0.2, 0.25) is 0 Å². The highest BCUT2D eigenvalue weighted by Gasteiger charge is 2.28. The Morgan fingerprint density at radius 3 is 2.71 bits per heavy atom. The van der Waals surface area contributed by atoms with Crippen LogP contribution in [0.3, 0.4) is 0 Å². The molecule has 21 heavy (non-hydrogen) atoms. The molecular weight excluding hydrogens is 268 g/mol. The van der Waals surface area contributed by atoms with Gasteiger partial charge in [0.15, 0.2) is 0 Å². The van der Waals surface area contributed by atoms with Crippen molar-refractivity contribution in [3.8, 4) is 5.69 Å². The third-order valence-electron chi connectivity index (χ3n) is 3.76. The SMILES string of the molecule is CCOC(=O)c1c2n(n(-c3ccccc3)c1=O)CCCC2. The number of carbonyl (C=O) groups excluding carboxylic acids is 1. The number of para-hydroxylation sites is 1. The van der Waals surface area contributed by atoms with Crippen LogP contribution in [0, 0.1) is 0 Å². The molecule has 5 nitrogen and oxygen atoms in total. The average Bonchev–Trinajstić information content (AvgIpc) is 2.80. The molecule has 0 radical (unpaired) electrons. The monoisotopic (exact) mass is 286 g/mol. The van der Waals surface area contributed by atoms with Crippen molar-refractivity contribution in [2.24, 2.45) is 0 Å². The summed E-state index contributed by atoms with van der Waals surface area (Å²) in [5.41, 5.74) is 1.49. The molecule has 110 valence electrons. The molecule has 0 fully saturated rings. The number of aromatic nitrogens is 2. The van der Waals surface area contributed by atoms with Crippen LogP contribution in [0.4, 0.5) is 0 Å². The van der Waals surface area contributed by atoms with E-state index in [1.807, 2.05) is 35.0 Å². The predicted octanol–water partition coefficient (Wildman–Crippen LogP) is 2.15. The Balaban J connectivity index is 2.22. The second-order valence-electron chi connectivity index (χ2n) is 5.07. The van der Waals surface area contributed by atoms with Crippen LogP contribution in [-0.4, -0.2) is 21.9 Å². The molecule has 0 atom stereocenters. The number of benzene rings is 1. The molecule has 0 aliphatic carbocycles. The van der Waals surface area contributed by atoms with Crippen molar-refractivity contribution in [2.45, 2.75) is 32.7 Å². The van der Waals surface area contributed by atoms with E-state index in [9.17, 15) is 9.59 Å². The Hall–Kier alpha value is -2.30. The third kappa shape index (κ3) is 2.28. The third-order valence-corrected chi connectivity index (χ3v) is 3.76. The van der Waals surface area contributed by atoms with Crippen molar-refractivity contribution >= 4 is 5.97 Å². The number of fused-ring (bicyclic) bond motifs is 1. The molecule has 0 saturated heterocycles. The number of rotatable bonds is 3. The first-order valence-electron chi connectivity index (χ1n) is 7.31. The number of ether oxygens (including phenoxy) is 1. The second kappa shape index (κ2) is 5.60. The van der Waals surface area contributed by atoms with E-state index in [0.29, 0.717) is 0 Å². The standard InChI is InChI=1S/C16H18N2O3/c1-2-21-16(20)14-13-10-6-7-11-17(13)18(15(14)19)12-8-4-3-5-9-12/h3-5,8-9H,2,6-7,10-11H2,1H3. The number of hydrogen-bond acceptors (Lipinski definition) is 3. The van der Waals surface area contributed by atoms with Crippen LogP contribution in [0.1, 0.15) is 35.8 Å². The first-order chi connectivity index (χ1) is 10.2. The van der Waals surface area contributed by atoms with E-state index in [2.05, 4.69) is 0 Å². The lowest BCUT2D eigenvalue weighted by Gasteiger charge is -2.19. The van der Waals surface area contributed by atoms with Crippen LogP contribution < -0.4 is 5.56 Å². The van der Waals surface area contributed by atoms with Crippen molar-refractivity contribution in [1.82, 2.24) is 9.36 Å². The maximum atomic E-state index is 12.7. The summed E-state index contributed by atoms with van der Waals surface area (Å²) in [5, 5.41) is 0. The maximum Gasteiger partial charge on any atom is 0.345 e. The first-order valence-corrected chi connectivity index (χ1v) is 7.31. The molecule has 0 amide bonds. The predicted molar refractivity (Wildman–Crippen MR) is 78.9 cm³/mol. The first kappa shape index (κ1) is 13.7. The van der Waals surface area contributed by atoms with Crippen LogP contribution in [-0.2, 0) is 17.7 Å². The Bertz CT molecular complexity index is 713. The fraction of sp³-hybridized carbons (Fsp3) is 0.375. The molecule has 2 heterocycles. The van der Waals surface area contributed by atoms with Crippen molar-refractivity contribution in [3.63, 3.8) is 0 Å². The zero-order valence-corrected chi connectivity index (χ0v) is 12.0. The van der Waals surface area contributed by atoms with Gasteiger partial charge in [0.25, 0.3) is 5.56 Å². The minimum Gasteiger partial charge on any atom is -0.462 e. The van der Waals surface area contributed by atoms with Gasteiger partial charge in [-0.1, -0.05) is 18.2 Å².